The van der Waals surface area contributed by atoms with Crippen molar-refractivity contribution in [2.75, 3.05) is 4.90 Å². The summed E-state index contributed by atoms with van der Waals surface area (Å²) in [6.45, 7) is 0. The van der Waals surface area contributed by atoms with Crippen LogP contribution in [-0.4, -0.2) is 0 Å². The highest BCUT2D eigenvalue weighted by Gasteiger charge is 2.18. The lowest BCUT2D eigenvalue weighted by molar-refractivity contribution is 1.30. The van der Waals surface area contributed by atoms with Crippen LogP contribution in [0.15, 0.2) is 188 Å². The maximum atomic E-state index is 2.40. The van der Waals surface area contributed by atoms with E-state index in [-0.39, 0.29) is 0 Å². The molecule has 0 atom stereocenters. The fraction of sp³-hybridized carbons (Fsp3) is 0. The molecule has 0 radical (unpaired) electrons. The summed E-state index contributed by atoms with van der Waals surface area (Å²) in [5, 5.41) is 4.98. The number of hydrogen-bond acceptors (Lipinski definition) is 1. The van der Waals surface area contributed by atoms with E-state index < -0.39 is 0 Å². The summed E-state index contributed by atoms with van der Waals surface area (Å²) in [6.07, 6.45) is 0. The number of hydrogen-bond donors (Lipinski definition) is 0. The monoisotopic (exact) mass is 573 g/mol. The van der Waals surface area contributed by atoms with Crippen molar-refractivity contribution in [1.29, 1.82) is 0 Å². The van der Waals surface area contributed by atoms with Gasteiger partial charge in [-0.25, -0.2) is 0 Å². The molecule has 0 bridgehead atoms. The molecule has 0 aliphatic rings. The van der Waals surface area contributed by atoms with E-state index >= 15 is 0 Å². The Labute approximate surface area is 264 Å². The van der Waals surface area contributed by atoms with Crippen molar-refractivity contribution in [3.63, 3.8) is 0 Å². The van der Waals surface area contributed by atoms with Crippen molar-refractivity contribution in [3.05, 3.63) is 188 Å². The highest BCUT2D eigenvalue weighted by molar-refractivity contribution is 6.14. The molecule has 0 N–H and O–H groups in total. The standard InChI is InChI=1S/C44H31N/c1-4-15-32(16-5-1)34-27-28-40(43(30-34)33-17-6-2-7-18-33)35-20-14-23-38(29-35)45(37-21-8-3-9-22-37)44-31-36-19-10-11-24-39(36)41-25-12-13-26-42(41)44/h1-31H. The number of para-hydroxylation sites is 1. The predicted octanol–water partition coefficient (Wildman–Crippen LogP) is 12.5. The first-order chi connectivity index (χ1) is 22.3. The third-order valence-corrected chi connectivity index (χ3v) is 8.63. The van der Waals surface area contributed by atoms with Crippen molar-refractivity contribution in [1.82, 2.24) is 0 Å². The quantitative estimate of drug-likeness (QED) is 0.179. The Morgan fingerprint density at radius 2 is 0.867 bits per heavy atom. The van der Waals surface area contributed by atoms with Crippen LogP contribution >= 0.6 is 0 Å². The van der Waals surface area contributed by atoms with Gasteiger partial charge in [0.25, 0.3) is 0 Å². The van der Waals surface area contributed by atoms with Crippen LogP contribution in [0.2, 0.25) is 0 Å². The number of benzene rings is 8. The number of nitrogens with zero attached hydrogens (tertiary/aromatic N) is 1. The Kier molecular flexibility index (Phi) is 6.90. The third-order valence-electron chi connectivity index (χ3n) is 8.63. The van der Waals surface area contributed by atoms with Crippen LogP contribution in [0, 0.1) is 0 Å². The summed E-state index contributed by atoms with van der Waals surface area (Å²) in [4.78, 5) is 2.40. The Hall–Kier alpha value is -5.92. The van der Waals surface area contributed by atoms with Gasteiger partial charge in [0.1, 0.15) is 0 Å². The Bertz CT molecular complexity index is 2250. The molecule has 212 valence electrons. The van der Waals surface area contributed by atoms with Gasteiger partial charge < -0.3 is 4.90 Å². The van der Waals surface area contributed by atoms with Gasteiger partial charge in [-0.1, -0.05) is 152 Å². The molecule has 1 heteroatoms. The van der Waals surface area contributed by atoms with Crippen molar-refractivity contribution < 1.29 is 0 Å². The fourth-order valence-electron chi connectivity index (χ4n) is 6.50. The number of rotatable bonds is 6. The van der Waals surface area contributed by atoms with E-state index in [2.05, 4.69) is 193 Å². The van der Waals surface area contributed by atoms with Crippen LogP contribution in [-0.2, 0) is 0 Å². The van der Waals surface area contributed by atoms with E-state index in [4.69, 9.17) is 0 Å². The summed E-state index contributed by atoms with van der Waals surface area (Å²) in [7, 11) is 0. The molecule has 0 amide bonds. The lowest BCUT2D eigenvalue weighted by Crippen LogP contribution is -2.10. The average molecular weight is 574 g/mol. The van der Waals surface area contributed by atoms with Crippen LogP contribution in [0.1, 0.15) is 0 Å². The molecule has 0 aromatic heterocycles. The van der Waals surface area contributed by atoms with Gasteiger partial charge in [-0.3, -0.25) is 0 Å². The third kappa shape index (κ3) is 5.05. The van der Waals surface area contributed by atoms with Crippen LogP contribution in [0.3, 0.4) is 0 Å². The SMILES string of the molecule is c1ccc(-c2ccc(-c3cccc(N(c4ccccc4)c4cc5ccccc5c5ccccc45)c3)c(-c3ccccc3)c2)cc1. The van der Waals surface area contributed by atoms with Gasteiger partial charge in [0.15, 0.2) is 0 Å². The highest BCUT2D eigenvalue weighted by Crippen LogP contribution is 2.44. The van der Waals surface area contributed by atoms with Gasteiger partial charge in [0.2, 0.25) is 0 Å². The van der Waals surface area contributed by atoms with E-state index in [1.54, 1.807) is 0 Å². The molecule has 1 nitrogen and oxygen atoms in total. The smallest absolute Gasteiger partial charge is 0.0546 e. The molecule has 45 heavy (non-hydrogen) atoms. The summed E-state index contributed by atoms with van der Waals surface area (Å²) in [5.41, 5.74) is 10.6. The largest absolute Gasteiger partial charge is 0.310 e. The van der Waals surface area contributed by atoms with Crippen LogP contribution in [0.4, 0.5) is 17.1 Å². The first kappa shape index (κ1) is 26.7. The number of anilines is 3. The maximum absolute atomic E-state index is 2.40. The van der Waals surface area contributed by atoms with Gasteiger partial charge in [-0.05, 0) is 85.9 Å². The lowest BCUT2D eigenvalue weighted by atomic mass is 9.91. The molecule has 0 heterocycles. The molecule has 0 aliphatic carbocycles. The van der Waals surface area contributed by atoms with E-state index in [1.807, 2.05) is 0 Å². The second-order valence-corrected chi connectivity index (χ2v) is 11.4. The maximum Gasteiger partial charge on any atom is 0.0546 e. The molecule has 8 rings (SSSR count). The first-order valence-corrected chi connectivity index (χ1v) is 15.4. The summed E-state index contributed by atoms with van der Waals surface area (Å²) >= 11 is 0. The minimum atomic E-state index is 1.12. The average Bonchev–Trinajstić information content (AvgIpc) is 3.13. The molecule has 8 aromatic carbocycles. The zero-order chi connectivity index (χ0) is 30.0. The summed E-state index contributed by atoms with van der Waals surface area (Å²) < 4.78 is 0. The minimum Gasteiger partial charge on any atom is -0.310 e. The zero-order valence-corrected chi connectivity index (χ0v) is 24.8. The highest BCUT2D eigenvalue weighted by atomic mass is 15.1. The van der Waals surface area contributed by atoms with E-state index in [9.17, 15) is 0 Å². The van der Waals surface area contributed by atoms with Gasteiger partial charge in [-0.2, -0.15) is 0 Å². The molecule has 0 fully saturated rings. The van der Waals surface area contributed by atoms with Crippen LogP contribution in [0.25, 0.3) is 54.9 Å². The second kappa shape index (κ2) is 11.6. The molecule has 0 saturated heterocycles. The van der Waals surface area contributed by atoms with Crippen molar-refractivity contribution in [2.45, 2.75) is 0 Å². The van der Waals surface area contributed by atoms with Gasteiger partial charge >= 0.3 is 0 Å². The Morgan fingerprint density at radius 3 is 1.62 bits per heavy atom. The van der Waals surface area contributed by atoms with E-state index in [0.29, 0.717) is 0 Å². The van der Waals surface area contributed by atoms with Crippen molar-refractivity contribution in [3.8, 4) is 33.4 Å². The normalized spacial score (nSPS) is 11.1. The van der Waals surface area contributed by atoms with Gasteiger partial charge in [0.05, 0.1) is 5.69 Å². The first-order valence-electron chi connectivity index (χ1n) is 15.4. The summed E-state index contributed by atoms with van der Waals surface area (Å²) in [6, 6.07) is 67.7. The second-order valence-electron chi connectivity index (χ2n) is 11.4. The van der Waals surface area contributed by atoms with Gasteiger partial charge in [0, 0.05) is 16.8 Å². The zero-order valence-electron chi connectivity index (χ0n) is 24.8. The summed E-state index contributed by atoms with van der Waals surface area (Å²) in [5.74, 6) is 0. The Balaban J connectivity index is 1.34. The van der Waals surface area contributed by atoms with Crippen LogP contribution in [0.5, 0.6) is 0 Å². The lowest BCUT2D eigenvalue weighted by Gasteiger charge is -2.28. The van der Waals surface area contributed by atoms with Gasteiger partial charge in [-0.15, -0.1) is 0 Å². The topological polar surface area (TPSA) is 3.24 Å². The van der Waals surface area contributed by atoms with Crippen molar-refractivity contribution in [2.24, 2.45) is 0 Å². The Morgan fingerprint density at radius 1 is 0.289 bits per heavy atom. The van der Waals surface area contributed by atoms with E-state index in [1.165, 1.54) is 54.9 Å². The molecule has 0 spiro atoms. The van der Waals surface area contributed by atoms with Crippen molar-refractivity contribution >= 4 is 38.6 Å². The molecule has 0 aliphatic heterocycles. The molecular weight excluding hydrogens is 542 g/mol. The molecular formula is C44H31N. The predicted molar refractivity (Wildman–Crippen MR) is 192 cm³/mol. The van der Waals surface area contributed by atoms with Crippen LogP contribution < -0.4 is 4.90 Å². The van der Waals surface area contributed by atoms with E-state index in [0.717, 1.165) is 17.1 Å². The molecule has 0 saturated carbocycles. The minimum absolute atomic E-state index is 1.12. The molecule has 8 aromatic rings. The molecule has 0 unspecified atom stereocenters. The fourth-order valence-corrected chi connectivity index (χ4v) is 6.50. The number of fused-ring (bicyclic) bond motifs is 3.